The third kappa shape index (κ3) is 4.07. The number of hydrogen-bond donors (Lipinski definition) is 1. The number of halogens is 2. The molecule has 0 radical (unpaired) electrons. The van der Waals surface area contributed by atoms with Gasteiger partial charge in [0.05, 0.1) is 0 Å². The summed E-state index contributed by atoms with van der Waals surface area (Å²) >= 11 is 9.65. The molecule has 2 aromatic carbocycles. The third-order valence-corrected chi connectivity index (χ3v) is 3.64. The van der Waals surface area contributed by atoms with E-state index in [2.05, 4.69) is 53.3 Å². The molecule has 3 heteroatoms. The van der Waals surface area contributed by atoms with Crippen LogP contribution < -0.4 is 5.32 Å². The van der Waals surface area contributed by atoms with E-state index in [1.165, 1.54) is 16.7 Å². The Bertz CT molecular complexity index is 566. The smallest absolute Gasteiger partial charge is 0.0412 e. The Labute approximate surface area is 128 Å². The predicted molar refractivity (Wildman–Crippen MR) is 86.6 cm³/mol. The van der Waals surface area contributed by atoms with E-state index in [1.54, 1.807) is 0 Å². The van der Waals surface area contributed by atoms with Gasteiger partial charge in [-0.05, 0) is 41.0 Å². The first-order chi connectivity index (χ1) is 9.06. The Balaban J connectivity index is 2.39. The van der Waals surface area contributed by atoms with Crippen molar-refractivity contribution in [2.24, 2.45) is 0 Å². The number of nitrogens with one attached hydrogen (secondary N) is 1. The molecule has 19 heavy (non-hydrogen) atoms. The van der Waals surface area contributed by atoms with Crippen LogP contribution in [-0.2, 0) is 6.54 Å². The molecule has 0 unspecified atom stereocenters. The highest BCUT2D eigenvalue weighted by atomic mass is 79.9. The second kappa shape index (κ2) is 6.56. The average Bonchev–Trinajstić information content (AvgIpc) is 2.37. The zero-order valence-corrected chi connectivity index (χ0v) is 13.4. The molecule has 0 saturated carbocycles. The molecule has 0 bridgehead atoms. The molecule has 0 atom stereocenters. The van der Waals surface area contributed by atoms with E-state index in [1.807, 2.05) is 24.3 Å². The summed E-state index contributed by atoms with van der Waals surface area (Å²) in [6.45, 7) is 5.14. The molecule has 1 nitrogen and oxygen atoms in total. The van der Waals surface area contributed by atoms with E-state index >= 15 is 0 Å². The molecule has 100 valence electrons. The monoisotopic (exact) mass is 337 g/mol. The fourth-order valence-electron chi connectivity index (χ4n) is 1.94. The fourth-order valence-corrected chi connectivity index (χ4v) is 2.51. The van der Waals surface area contributed by atoms with E-state index in [9.17, 15) is 0 Å². The van der Waals surface area contributed by atoms with Crippen molar-refractivity contribution in [3.63, 3.8) is 0 Å². The lowest BCUT2D eigenvalue weighted by Crippen LogP contribution is -2.22. The Morgan fingerprint density at radius 1 is 1.16 bits per heavy atom. The molecular weight excluding hydrogens is 322 g/mol. The third-order valence-electron chi connectivity index (χ3n) is 2.91. The van der Waals surface area contributed by atoms with Gasteiger partial charge in [0, 0.05) is 22.1 Å². The molecule has 0 heterocycles. The maximum absolute atomic E-state index is 6.14. The average molecular weight is 339 g/mol. The second-order valence-corrected chi connectivity index (χ2v) is 6.20. The van der Waals surface area contributed by atoms with Crippen LogP contribution in [0.5, 0.6) is 0 Å². The van der Waals surface area contributed by atoms with Crippen molar-refractivity contribution in [2.45, 2.75) is 26.4 Å². The van der Waals surface area contributed by atoms with Crippen LogP contribution in [0, 0.1) is 0 Å². The largest absolute Gasteiger partial charge is 0.310 e. The first-order valence-corrected chi connectivity index (χ1v) is 7.51. The van der Waals surface area contributed by atoms with Gasteiger partial charge in [-0.15, -0.1) is 0 Å². The van der Waals surface area contributed by atoms with Crippen LogP contribution in [0.2, 0.25) is 5.02 Å². The van der Waals surface area contributed by atoms with E-state index in [0.717, 1.165) is 16.0 Å². The number of hydrogen-bond acceptors (Lipinski definition) is 1. The van der Waals surface area contributed by atoms with Crippen molar-refractivity contribution >= 4 is 27.5 Å². The maximum atomic E-state index is 6.14. The van der Waals surface area contributed by atoms with Crippen LogP contribution in [0.25, 0.3) is 11.1 Å². The summed E-state index contributed by atoms with van der Waals surface area (Å²) < 4.78 is 1.08. The van der Waals surface area contributed by atoms with Crippen molar-refractivity contribution in [1.82, 2.24) is 5.32 Å². The minimum atomic E-state index is 0.464. The molecule has 1 N–H and O–H groups in total. The Morgan fingerprint density at radius 2 is 1.95 bits per heavy atom. The fraction of sp³-hybridized carbons (Fsp3) is 0.250. The maximum Gasteiger partial charge on any atom is 0.0412 e. The minimum Gasteiger partial charge on any atom is -0.310 e. The van der Waals surface area contributed by atoms with Crippen LogP contribution in [0.15, 0.2) is 46.9 Å². The highest BCUT2D eigenvalue weighted by Crippen LogP contribution is 2.29. The van der Waals surface area contributed by atoms with Crippen LogP contribution in [-0.4, -0.2) is 6.04 Å². The summed E-state index contributed by atoms with van der Waals surface area (Å²) in [5.41, 5.74) is 3.62. The standard InChI is InChI=1S/C16H17BrClN/c1-11(2)19-10-13-6-7-15(18)9-16(13)12-4-3-5-14(17)8-12/h3-9,11,19H,10H2,1-2H3. The zero-order chi connectivity index (χ0) is 13.8. The number of rotatable bonds is 4. The number of benzene rings is 2. The zero-order valence-electron chi connectivity index (χ0n) is 11.1. The SMILES string of the molecule is CC(C)NCc1ccc(Cl)cc1-c1cccc(Br)c1. The van der Waals surface area contributed by atoms with E-state index < -0.39 is 0 Å². The Hall–Kier alpha value is -0.830. The van der Waals surface area contributed by atoms with Crippen molar-refractivity contribution in [3.05, 3.63) is 57.5 Å². The minimum absolute atomic E-state index is 0.464. The van der Waals surface area contributed by atoms with E-state index in [0.29, 0.717) is 6.04 Å². The van der Waals surface area contributed by atoms with Gasteiger partial charge in [-0.1, -0.05) is 59.6 Å². The van der Waals surface area contributed by atoms with Crippen LogP contribution in [0.4, 0.5) is 0 Å². The van der Waals surface area contributed by atoms with Gasteiger partial charge < -0.3 is 5.32 Å². The van der Waals surface area contributed by atoms with Crippen molar-refractivity contribution in [1.29, 1.82) is 0 Å². The first kappa shape index (κ1) is 14.6. The summed E-state index contributed by atoms with van der Waals surface area (Å²) in [6.07, 6.45) is 0. The summed E-state index contributed by atoms with van der Waals surface area (Å²) in [7, 11) is 0. The summed E-state index contributed by atoms with van der Waals surface area (Å²) in [5, 5.41) is 4.22. The van der Waals surface area contributed by atoms with Gasteiger partial charge in [-0.25, -0.2) is 0 Å². The molecule has 0 aliphatic heterocycles. The van der Waals surface area contributed by atoms with Gasteiger partial charge in [0.15, 0.2) is 0 Å². The summed E-state index contributed by atoms with van der Waals surface area (Å²) in [5.74, 6) is 0. The molecule has 0 spiro atoms. The molecule has 0 aliphatic rings. The summed E-state index contributed by atoms with van der Waals surface area (Å²) in [4.78, 5) is 0. The van der Waals surface area contributed by atoms with Crippen LogP contribution >= 0.6 is 27.5 Å². The highest BCUT2D eigenvalue weighted by molar-refractivity contribution is 9.10. The second-order valence-electron chi connectivity index (χ2n) is 4.85. The van der Waals surface area contributed by atoms with Crippen molar-refractivity contribution in [3.8, 4) is 11.1 Å². The molecule has 0 aromatic heterocycles. The van der Waals surface area contributed by atoms with Gasteiger partial charge in [-0.3, -0.25) is 0 Å². The molecular formula is C16H17BrClN. The van der Waals surface area contributed by atoms with Gasteiger partial charge in [0.25, 0.3) is 0 Å². The molecule has 2 rings (SSSR count). The Kier molecular flexibility index (Phi) is 5.03. The molecule has 0 saturated heterocycles. The lowest BCUT2D eigenvalue weighted by Gasteiger charge is -2.13. The van der Waals surface area contributed by atoms with Gasteiger partial charge in [0.1, 0.15) is 0 Å². The quantitative estimate of drug-likeness (QED) is 0.801. The summed E-state index contributed by atoms with van der Waals surface area (Å²) in [6, 6.07) is 14.8. The Morgan fingerprint density at radius 3 is 2.63 bits per heavy atom. The van der Waals surface area contributed by atoms with Crippen molar-refractivity contribution < 1.29 is 0 Å². The van der Waals surface area contributed by atoms with E-state index in [4.69, 9.17) is 11.6 Å². The predicted octanol–water partition coefficient (Wildman–Crippen LogP) is 5.27. The molecule has 0 fully saturated rings. The lowest BCUT2D eigenvalue weighted by molar-refractivity contribution is 0.589. The van der Waals surface area contributed by atoms with Gasteiger partial charge in [0.2, 0.25) is 0 Å². The normalized spacial score (nSPS) is 11.0. The highest BCUT2D eigenvalue weighted by Gasteiger charge is 2.07. The molecule has 0 aliphatic carbocycles. The lowest BCUT2D eigenvalue weighted by atomic mass is 9.99. The molecule has 2 aromatic rings. The van der Waals surface area contributed by atoms with E-state index in [-0.39, 0.29) is 0 Å². The van der Waals surface area contributed by atoms with Crippen LogP contribution in [0.3, 0.4) is 0 Å². The van der Waals surface area contributed by atoms with Crippen molar-refractivity contribution in [2.75, 3.05) is 0 Å². The molecule has 0 amide bonds. The van der Waals surface area contributed by atoms with Crippen LogP contribution in [0.1, 0.15) is 19.4 Å². The van der Waals surface area contributed by atoms with Gasteiger partial charge >= 0.3 is 0 Å². The topological polar surface area (TPSA) is 12.0 Å². The first-order valence-electron chi connectivity index (χ1n) is 6.34. The van der Waals surface area contributed by atoms with Gasteiger partial charge in [-0.2, -0.15) is 0 Å².